The summed E-state index contributed by atoms with van der Waals surface area (Å²) in [6, 6.07) is 0. The van der Waals surface area contributed by atoms with Crippen LogP contribution in [0.2, 0.25) is 0 Å². The summed E-state index contributed by atoms with van der Waals surface area (Å²) < 4.78 is 37.1. The normalized spacial score (nSPS) is 52.0. The van der Waals surface area contributed by atoms with Gasteiger partial charge in [0.2, 0.25) is 0 Å². The third-order valence-corrected chi connectivity index (χ3v) is 2.62. The number of hydrogen-bond donors (Lipinski definition) is 0. The molecule has 1 heterocycles. The van der Waals surface area contributed by atoms with Crippen LogP contribution in [-0.4, -0.2) is 23.1 Å². The van der Waals surface area contributed by atoms with Crippen LogP contribution in [0.1, 0.15) is 6.92 Å². The lowest BCUT2D eigenvalue weighted by molar-refractivity contribution is 0.0728. The first-order valence-corrected chi connectivity index (χ1v) is 3.67. The van der Waals surface area contributed by atoms with Crippen molar-refractivity contribution < 1.29 is 13.2 Å². The van der Waals surface area contributed by atoms with Gasteiger partial charge in [-0.1, -0.05) is 0 Å². The molecule has 0 saturated carbocycles. The smallest absolute Gasteiger partial charge is 0.180 e. The van der Waals surface area contributed by atoms with Gasteiger partial charge in [-0.05, 0) is 6.92 Å². The van der Waals surface area contributed by atoms with E-state index in [0.717, 1.165) is 6.92 Å². The maximum absolute atomic E-state index is 12.6. The van der Waals surface area contributed by atoms with Crippen LogP contribution >= 0.6 is 11.8 Å². The van der Waals surface area contributed by atoms with Gasteiger partial charge < -0.3 is 0 Å². The van der Waals surface area contributed by atoms with Crippen LogP contribution in [0.25, 0.3) is 0 Å². The Kier molecular flexibility index (Phi) is 1.67. The molecule has 4 heteroatoms. The van der Waals surface area contributed by atoms with Crippen LogP contribution in [0.4, 0.5) is 13.2 Å². The highest BCUT2D eigenvalue weighted by atomic mass is 32.2. The van der Waals surface area contributed by atoms with Gasteiger partial charge >= 0.3 is 0 Å². The third-order valence-electron chi connectivity index (χ3n) is 1.33. The van der Waals surface area contributed by atoms with Crippen LogP contribution in [-0.2, 0) is 0 Å². The first-order chi connectivity index (χ1) is 4.04. The van der Waals surface area contributed by atoms with Crippen molar-refractivity contribution in [1.29, 1.82) is 0 Å². The van der Waals surface area contributed by atoms with Gasteiger partial charge in [0.05, 0.1) is 0 Å². The number of halogens is 3. The predicted molar refractivity (Wildman–Crippen MR) is 31.8 cm³/mol. The Morgan fingerprint density at radius 2 is 2.11 bits per heavy atom. The summed E-state index contributed by atoms with van der Waals surface area (Å²) >= 11 is 0.696. The van der Waals surface area contributed by atoms with E-state index in [4.69, 9.17) is 0 Å². The van der Waals surface area contributed by atoms with E-state index in [0.29, 0.717) is 11.8 Å². The molecular formula is C5H7F3S. The van der Waals surface area contributed by atoms with Gasteiger partial charge in [0.25, 0.3) is 0 Å². The molecule has 0 aliphatic carbocycles. The molecule has 3 unspecified atom stereocenters. The Balaban J connectivity index is 2.62. The molecular weight excluding hydrogens is 149 g/mol. The summed E-state index contributed by atoms with van der Waals surface area (Å²) in [5.74, 6) is -0.0741. The van der Waals surface area contributed by atoms with E-state index >= 15 is 0 Å². The second kappa shape index (κ2) is 2.08. The van der Waals surface area contributed by atoms with Crippen molar-refractivity contribution in [2.75, 3.05) is 5.75 Å². The summed E-state index contributed by atoms with van der Waals surface area (Å²) in [6.07, 6.45) is -1.94. The second-order valence-electron chi connectivity index (χ2n) is 2.34. The lowest BCUT2D eigenvalue weighted by Crippen LogP contribution is -2.31. The number of hydrogen-bond acceptors (Lipinski definition) is 1. The molecule has 1 fully saturated rings. The van der Waals surface area contributed by atoms with Crippen molar-refractivity contribution in [3.05, 3.63) is 0 Å². The van der Waals surface area contributed by atoms with Crippen molar-refractivity contribution in [1.82, 2.24) is 0 Å². The van der Waals surface area contributed by atoms with Crippen LogP contribution < -0.4 is 0 Å². The van der Waals surface area contributed by atoms with Crippen LogP contribution in [0.3, 0.4) is 0 Å². The standard InChI is InChI=1S/C5H7F3S/c1-5(8)2-9-4(7)3(5)6/h3-4H,2H2,1H3. The highest BCUT2D eigenvalue weighted by Gasteiger charge is 2.47. The summed E-state index contributed by atoms with van der Waals surface area (Å²) in [7, 11) is 0. The largest absolute Gasteiger partial charge is 0.240 e. The van der Waals surface area contributed by atoms with Gasteiger partial charge in [0.15, 0.2) is 17.3 Å². The zero-order valence-electron chi connectivity index (χ0n) is 4.90. The van der Waals surface area contributed by atoms with Gasteiger partial charge in [-0.2, -0.15) is 0 Å². The van der Waals surface area contributed by atoms with Crippen molar-refractivity contribution in [3.8, 4) is 0 Å². The van der Waals surface area contributed by atoms with Crippen LogP contribution in [0.15, 0.2) is 0 Å². The molecule has 3 atom stereocenters. The molecule has 0 amide bonds. The fourth-order valence-electron chi connectivity index (χ4n) is 0.680. The number of thioether (sulfide) groups is 1. The first-order valence-electron chi connectivity index (χ1n) is 2.63. The molecule has 0 aromatic heterocycles. The Morgan fingerprint density at radius 1 is 1.56 bits per heavy atom. The SMILES string of the molecule is CC1(F)CSC(F)C1F. The molecule has 1 rings (SSSR count). The second-order valence-corrected chi connectivity index (χ2v) is 3.41. The predicted octanol–water partition coefficient (Wildman–Crippen LogP) is 2.10. The highest BCUT2D eigenvalue weighted by Crippen LogP contribution is 2.40. The van der Waals surface area contributed by atoms with Crippen LogP contribution in [0, 0.1) is 0 Å². The zero-order valence-corrected chi connectivity index (χ0v) is 5.72. The number of alkyl halides is 3. The fraction of sp³-hybridized carbons (Fsp3) is 1.00. The Labute approximate surface area is 55.8 Å². The van der Waals surface area contributed by atoms with Crippen molar-refractivity contribution in [2.45, 2.75) is 24.3 Å². The molecule has 0 aromatic rings. The maximum atomic E-state index is 12.6. The highest BCUT2D eigenvalue weighted by molar-refractivity contribution is 8.00. The molecule has 0 aromatic carbocycles. The average Bonchev–Trinajstić information content (AvgIpc) is 1.97. The first kappa shape index (κ1) is 7.25. The molecule has 1 aliphatic heterocycles. The average molecular weight is 156 g/mol. The topological polar surface area (TPSA) is 0 Å². The lowest BCUT2D eigenvalue weighted by Gasteiger charge is -2.13. The molecule has 0 nitrogen and oxygen atoms in total. The minimum Gasteiger partial charge on any atom is -0.240 e. The third kappa shape index (κ3) is 1.18. The Morgan fingerprint density at radius 3 is 2.22 bits per heavy atom. The van der Waals surface area contributed by atoms with Gasteiger partial charge in [-0.3, -0.25) is 0 Å². The van der Waals surface area contributed by atoms with Gasteiger partial charge in [-0.15, -0.1) is 11.8 Å². The van der Waals surface area contributed by atoms with Gasteiger partial charge in [0.1, 0.15) is 0 Å². The van der Waals surface area contributed by atoms with Crippen LogP contribution in [0.5, 0.6) is 0 Å². The Hall–Kier alpha value is 0.140. The molecule has 0 bridgehead atoms. The van der Waals surface area contributed by atoms with Crippen molar-refractivity contribution >= 4 is 11.8 Å². The fourth-order valence-corrected chi connectivity index (χ4v) is 1.78. The van der Waals surface area contributed by atoms with E-state index in [2.05, 4.69) is 0 Å². The van der Waals surface area contributed by atoms with Crippen molar-refractivity contribution in [3.63, 3.8) is 0 Å². The van der Waals surface area contributed by atoms with E-state index in [1.54, 1.807) is 0 Å². The van der Waals surface area contributed by atoms with E-state index in [9.17, 15) is 13.2 Å². The molecule has 54 valence electrons. The molecule has 1 saturated heterocycles. The lowest BCUT2D eigenvalue weighted by atomic mass is 10.1. The van der Waals surface area contributed by atoms with E-state index in [-0.39, 0.29) is 5.75 Å². The maximum Gasteiger partial charge on any atom is 0.180 e. The van der Waals surface area contributed by atoms with Gasteiger partial charge in [-0.25, -0.2) is 13.2 Å². The Bertz CT molecular complexity index is 115. The summed E-state index contributed by atoms with van der Waals surface area (Å²) in [5.41, 5.74) is -3.62. The number of rotatable bonds is 0. The molecule has 0 N–H and O–H groups in total. The summed E-state index contributed by atoms with van der Waals surface area (Å²) in [4.78, 5) is 0. The molecule has 0 radical (unpaired) electrons. The summed E-state index contributed by atoms with van der Waals surface area (Å²) in [5, 5.41) is 0. The van der Waals surface area contributed by atoms with E-state index < -0.39 is 17.3 Å². The zero-order chi connectivity index (χ0) is 7.07. The van der Waals surface area contributed by atoms with E-state index in [1.165, 1.54) is 0 Å². The molecule has 1 aliphatic rings. The quantitative estimate of drug-likeness (QED) is 0.517. The monoisotopic (exact) mass is 156 g/mol. The van der Waals surface area contributed by atoms with E-state index in [1.807, 2.05) is 0 Å². The van der Waals surface area contributed by atoms with Crippen molar-refractivity contribution in [2.24, 2.45) is 0 Å². The molecule has 0 spiro atoms. The minimum atomic E-state index is -1.95. The van der Waals surface area contributed by atoms with Gasteiger partial charge in [0, 0.05) is 5.75 Å². The summed E-state index contributed by atoms with van der Waals surface area (Å²) in [6.45, 7) is 1.09. The molecule has 9 heavy (non-hydrogen) atoms. The minimum absolute atomic E-state index is 0.0741.